The number of benzene rings is 1. The maximum Gasteiger partial charge on any atom is 0.127 e. The maximum atomic E-state index is 4.19. The van der Waals surface area contributed by atoms with Gasteiger partial charge >= 0.3 is 0 Å². The number of nitrogens with zero attached hydrogens (tertiary/aromatic N) is 1. The second kappa shape index (κ2) is 5.54. The van der Waals surface area contributed by atoms with Crippen molar-refractivity contribution in [3.63, 3.8) is 0 Å². The van der Waals surface area contributed by atoms with Crippen LogP contribution >= 0.6 is 0 Å². The van der Waals surface area contributed by atoms with E-state index in [4.69, 9.17) is 0 Å². The summed E-state index contributed by atoms with van der Waals surface area (Å²) in [5.74, 6) is 1.43. The van der Waals surface area contributed by atoms with Crippen LogP contribution < -0.4 is 10.6 Å². The lowest BCUT2D eigenvalue weighted by Crippen LogP contribution is -1.95. The molecule has 2 aromatic rings. The summed E-state index contributed by atoms with van der Waals surface area (Å²) in [5, 5.41) is 6.39. The van der Waals surface area contributed by atoms with E-state index in [2.05, 4.69) is 53.7 Å². The number of anilines is 3. The van der Waals surface area contributed by atoms with Crippen LogP contribution in [0.15, 0.2) is 42.6 Å². The summed E-state index contributed by atoms with van der Waals surface area (Å²) in [6.45, 7) is 4.40. The topological polar surface area (TPSA) is 37.0 Å². The minimum Gasteiger partial charge on any atom is -0.373 e. The van der Waals surface area contributed by atoms with E-state index in [1.54, 1.807) is 6.20 Å². The van der Waals surface area contributed by atoms with Crippen molar-refractivity contribution in [3.05, 3.63) is 48.2 Å². The lowest BCUT2D eigenvalue weighted by Gasteiger charge is -2.10. The van der Waals surface area contributed by atoms with Gasteiger partial charge in [-0.1, -0.05) is 26.0 Å². The van der Waals surface area contributed by atoms with Crippen LogP contribution in [0.5, 0.6) is 0 Å². The third-order valence-electron chi connectivity index (χ3n) is 2.88. The molecule has 0 radical (unpaired) electrons. The van der Waals surface area contributed by atoms with Gasteiger partial charge in [0.25, 0.3) is 0 Å². The molecule has 94 valence electrons. The van der Waals surface area contributed by atoms with E-state index < -0.39 is 0 Å². The fraction of sp³-hybridized carbons (Fsp3) is 0.267. The van der Waals surface area contributed by atoms with Crippen molar-refractivity contribution < 1.29 is 0 Å². The Labute approximate surface area is 108 Å². The second-order valence-electron chi connectivity index (χ2n) is 4.58. The van der Waals surface area contributed by atoms with Crippen LogP contribution in [0.25, 0.3) is 0 Å². The number of rotatable bonds is 4. The first-order valence-corrected chi connectivity index (χ1v) is 6.20. The van der Waals surface area contributed by atoms with Gasteiger partial charge in [-0.25, -0.2) is 4.98 Å². The molecule has 2 rings (SSSR count). The van der Waals surface area contributed by atoms with Gasteiger partial charge in [-0.3, -0.25) is 0 Å². The average Bonchev–Trinajstić information content (AvgIpc) is 2.39. The fourth-order valence-electron chi connectivity index (χ4n) is 1.76. The van der Waals surface area contributed by atoms with E-state index >= 15 is 0 Å². The molecule has 3 heteroatoms. The molecule has 0 atom stereocenters. The summed E-state index contributed by atoms with van der Waals surface area (Å²) in [4.78, 5) is 4.19. The molecular formula is C15H19N3. The summed E-state index contributed by atoms with van der Waals surface area (Å²) < 4.78 is 0. The van der Waals surface area contributed by atoms with Gasteiger partial charge in [0.15, 0.2) is 0 Å². The van der Waals surface area contributed by atoms with E-state index in [1.165, 1.54) is 5.56 Å². The molecule has 0 saturated carbocycles. The van der Waals surface area contributed by atoms with Crippen molar-refractivity contribution in [2.45, 2.75) is 19.8 Å². The van der Waals surface area contributed by atoms with E-state index in [9.17, 15) is 0 Å². The number of nitrogens with one attached hydrogen (secondary N) is 2. The Morgan fingerprint density at radius 1 is 1.00 bits per heavy atom. The highest BCUT2D eigenvalue weighted by Crippen LogP contribution is 2.21. The molecule has 0 amide bonds. The maximum absolute atomic E-state index is 4.19. The van der Waals surface area contributed by atoms with Crippen LogP contribution in [0, 0.1) is 0 Å². The van der Waals surface area contributed by atoms with Crippen molar-refractivity contribution >= 4 is 17.2 Å². The molecule has 0 spiro atoms. The van der Waals surface area contributed by atoms with E-state index in [1.807, 2.05) is 19.2 Å². The van der Waals surface area contributed by atoms with Crippen LogP contribution in [0.3, 0.4) is 0 Å². The normalized spacial score (nSPS) is 10.4. The lowest BCUT2D eigenvalue weighted by atomic mass is 10.0. The summed E-state index contributed by atoms with van der Waals surface area (Å²) in [6.07, 6.45) is 1.79. The molecule has 1 aromatic carbocycles. The van der Waals surface area contributed by atoms with Crippen LogP contribution in [-0.4, -0.2) is 12.0 Å². The fourth-order valence-corrected chi connectivity index (χ4v) is 1.76. The molecule has 0 aliphatic carbocycles. The Morgan fingerprint density at radius 2 is 1.72 bits per heavy atom. The van der Waals surface area contributed by atoms with Crippen molar-refractivity contribution in [2.24, 2.45) is 0 Å². The van der Waals surface area contributed by atoms with Crippen molar-refractivity contribution in [1.82, 2.24) is 4.98 Å². The molecule has 3 nitrogen and oxygen atoms in total. The van der Waals surface area contributed by atoms with Gasteiger partial charge in [-0.2, -0.15) is 0 Å². The third-order valence-corrected chi connectivity index (χ3v) is 2.88. The zero-order valence-corrected chi connectivity index (χ0v) is 11.1. The molecule has 0 fully saturated rings. The summed E-state index contributed by atoms with van der Waals surface area (Å²) in [5.41, 5.74) is 3.48. The molecule has 1 aromatic heterocycles. The quantitative estimate of drug-likeness (QED) is 0.849. The van der Waals surface area contributed by atoms with E-state index in [-0.39, 0.29) is 0 Å². The van der Waals surface area contributed by atoms with Gasteiger partial charge in [-0.15, -0.1) is 0 Å². The smallest absolute Gasteiger partial charge is 0.127 e. The Bertz CT molecular complexity index is 503. The summed E-state index contributed by atoms with van der Waals surface area (Å²) >= 11 is 0. The number of hydrogen-bond donors (Lipinski definition) is 2. The molecule has 0 bridgehead atoms. The Hall–Kier alpha value is -2.03. The zero-order chi connectivity index (χ0) is 13.0. The molecule has 0 saturated heterocycles. The minimum atomic E-state index is 0.566. The molecule has 0 aliphatic rings. The van der Waals surface area contributed by atoms with Crippen LogP contribution in [-0.2, 0) is 0 Å². The molecule has 0 aliphatic heterocycles. The third kappa shape index (κ3) is 3.00. The summed E-state index contributed by atoms with van der Waals surface area (Å²) in [6, 6.07) is 12.5. The molecule has 0 unspecified atom stereocenters. The van der Waals surface area contributed by atoms with Crippen LogP contribution in [0.4, 0.5) is 17.2 Å². The van der Waals surface area contributed by atoms with Crippen molar-refractivity contribution in [2.75, 3.05) is 17.7 Å². The molecule has 2 N–H and O–H groups in total. The predicted octanol–water partition coefficient (Wildman–Crippen LogP) is 3.99. The highest BCUT2D eigenvalue weighted by molar-refractivity contribution is 5.62. The Morgan fingerprint density at radius 3 is 2.33 bits per heavy atom. The summed E-state index contributed by atoms with van der Waals surface area (Å²) in [7, 11) is 1.86. The highest BCUT2D eigenvalue weighted by atomic mass is 15.0. The van der Waals surface area contributed by atoms with Gasteiger partial charge in [0.2, 0.25) is 0 Å². The molecule has 18 heavy (non-hydrogen) atoms. The van der Waals surface area contributed by atoms with E-state index in [0.29, 0.717) is 5.92 Å². The minimum absolute atomic E-state index is 0.566. The predicted molar refractivity (Wildman–Crippen MR) is 77.6 cm³/mol. The number of aromatic nitrogens is 1. The Balaban J connectivity index is 2.13. The van der Waals surface area contributed by atoms with Gasteiger partial charge < -0.3 is 10.6 Å². The highest BCUT2D eigenvalue weighted by Gasteiger charge is 2.00. The zero-order valence-electron chi connectivity index (χ0n) is 11.1. The monoisotopic (exact) mass is 241 g/mol. The standard InChI is InChI=1S/C15H19N3/c1-11(2)12-4-6-13(7-5-12)18-14-8-9-17-15(10-14)16-3/h4-11H,1-3H3,(H2,16,17,18). The van der Waals surface area contributed by atoms with Gasteiger partial charge in [-0.05, 0) is 29.7 Å². The molecule has 1 heterocycles. The second-order valence-corrected chi connectivity index (χ2v) is 4.58. The lowest BCUT2D eigenvalue weighted by molar-refractivity contribution is 0.867. The van der Waals surface area contributed by atoms with Crippen molar-refractivity contribution in [1.29, 1.82) is 0 Å². The van der Waals surface area contributed by atoms with Gasteiger partial charge in [0, 0.05) is 30.7 Å². The van der Waals surface area contributed by atoms with Crippen LogP contribution in [0.1, 0.15) is 25.3 Å². The first-order chi connectivity index (χ1) is 8.69. The number of hydrogen-bond acceptors (Lipinski definition) is 3. The Kier molecular flexibility index (Phi) is 3.82. The van der Waals surface area contributed by atoms with Gasteiger partial charge in [0.05, 0.1) is 0 Å². The SMILES string of the molecule is CNc1cc(Nc2ccc(C(C)C)cc2)ccn1. The van der Waals surface area contributed by atoms with Crippen LogP contribution in [0.2, 0.25) is 0 Å². The van der Waals surface area contributed by atoms with Gasteiger partial charge in [0.1, 0.15) is 5.82 Å². The van der Waals surface area contributed by atoms with E-state index in [0.717, 1.165) is 17.2 Å². The largest absolute Gasteiger partial charge is 0.373 e. The molecular weight excluding hydrogens is 222 g/mol. The first kappa shape index (κ1) is 12.4. The first-order valence-electron chi connectivity index (χ1n) is 6.20. The number of pyridine rings is 1. The van der Waals surface area contributed by atoms with Crippen molar-refractivity contribution in [3.8, 4) is 0 Å². The average molecular weight is 241 g/mol.